The topological polar surface area (TPSA) is 64.5 Å². The summed E-state index contributed by atoms with van der Waals surface area (Å²) in [6, 6.07) is 0.712. The molecule has 0 aromatic heterocycles. The summed E-state index contributed by atoms with van der Waals surface area (Å²) in [7, 11) is 4.20. The van der Waals surface area contributed by atoms with Gasteiger partial charge >= 0.3 is 0 Å². The fraction of sp³-hybridized carbons (Fsp3) is 1.00. The lowest BCUT2D eigenvalue weighted by molar-refractivity contribution is -0.932. The van der Waals surface area contributed by atoms with E-state index in [-0.39, 0.29) is 17.6 Å². The Bertz CT molecular complexity index is 271. The minimum Gasteiger partial charge on any atom is -0.363 e. The Balaban J connectivity index is 1.97. The summed E-state index contributed by atoms with van der Waals surface area (Å²) in [6.07, 6.45) is 1.89. The van der Waals surface area contributed by atoms with Gasteiger partial charge < -0.3 is 14.7 Å². The van der Waals surface area contributed by atoms with Gasteiger partial charge in [-0.05, 0) is 0 Å². The Morgan fingerprint density at radius 2 is 2.00 bits per heavy atom. The van der Waals surface area contributed by atoms with Crippen LogP contribution in [-0.4, -0.2) is 65.2 Å². The van der Waals surface area contributed by atoms with Crippen LogP contribution in [0.2, 0.25) is 0 Å². The zero-order chi connectivity index (χ0) is 12.6. The molecule has 0 aromatic rings. The molecule has 1 aliphatic carbocycles. The van der Waals surface area contributed by atoms with Crippen LogP contribution in [0.25, 0.3) is 0 Å². The highest BCUT2D eigenvalue weighted by atomic mass is 32.1. The maximum absolute atomic E-state index is 9.62. The van der Waals surface area contributed by atoms with E-state index in [2.05, 4.69) is 37.4 Å². The molecule has 17 heavy (non-hydrogen) atoms. The summed E-state index contributed by atoms with van der Waals surface area (Å²) >= 11 is 4.30. The van der Waals surface area contributed by atoms with Gasteiger partial charge in [-0.15, -0.1) is 12.6 Å². The minimum atomic E-state index is -1.26. The molecule has 6 heteroatoms. The van der Waals surface area contributed by atoms with Crippen molar-refractivity contribution in [3.63, 3.8) is 0 Å². The zero-order valence-electron chi connectivity index (χ0n) is 10.5. The largest absolute Gasteiger partial charge is 0.363 e. The lowest BCUT2D eigenvalue weighted by Gasteiger charge is -2.40. The third-order valence-corrected chi connectivity index (χ3v) is 4.50. The smallest absolute Gasteiger partial charge is 0.205 e. The molecule has 1 aliphatic heterocycles. The van der Waals surface area contributed by atoms with E-state index in [4.69, 9.17) is 0 Å². The van der Waals surface area contributed by atoms with E-state index >= 15 is 0 Å². The number of thiol groups is 1. The van der Waals surface area contributed by atoms with E-state index < -0.39 is 6.29 Å². The molecule has 3 atom stereocenters. The van der Waals surface area contributed by atoms with Crippen molar-refractivity contribution in [2.75, 3.05) is 20.6 Å². The molecule has 100 valence electrons. The van der Waals surface area contributed by atoms with Gasteiger partial charge in [-0.1, -0.05) is 0 Å². The van der Waals surface area contributed by atoms with Crippen LogP contribution in [-0.2, 0) is 0 Å². The lowest BCUT2D eigenvalue weighted by Crippen LogP contribution is -2.58. The zero-order valence-corrected chi connectivity index (χ0v) is 11.4. The van der Waals surface area contributed by atoms with Crippen molar-refractivity contribution in [2.24, 2.45) is 0 Å². The Morgan fingerprint density at radius 3 is 2.41 bits per heavy atom. The van der Waals surface area contributed by atoms with Crippen molar-refractivity contribution in [1.82, 2.24) is 10.6 Å². The molecule has 1 heterocycles. The van der Waals surface area contributed by atoms with E-state index in [1.807, 2.05) is 0 Å². The molecule has 0 bridgehead atoms. The summed E-state index contributed by atoms with van der Waals surface area (Å²) < 4.78 is 0.701. The summed E-state index contributed by atoms with van der Waals surface area (Å²) in [6.45, 7) is 0.835. The van der Waals surface area contributed by atoms with Crippen LogP contribution in [0.1, 0.15) is 19.3 Å². The molecule has 0 radical (unpaired) electrons. The Labute approximate surface area is 108 Å². The maximum Gasteiger partial charge on any atom is 0.205 e. The van der Waals surface area contributed by atoms with E-state index in [1.165, 1.54) is 12.8 Å². The van der Waals surface area contributed by atoms with Gasteiger partial charge in [0.25, 0.3) is 0 Å². The minimum absolute atomic E-state index is 0.0213. The Morgan fingerprint density at radius 1 is 1.35 bits per heavy atom. The number of aliphatic hydroxyl groups is 2. The third-order valence-electron chi connectivity index (χ3n) is 4.16. The fourth-order valence-electron chi connectivity index (χ4n) is 2.79. The van der Waals surface area contributed by atoms with Crippen LogP contribution < -0.4 is 10.6 Å². The van der Waals surface area contributed by atoms with Gasteiger partial charge in [-0.2, -0.15) is 0 Å². The van der Waals surface area contributed by atoms with Crippen LogP contribution in [0.5, 0.6) is 0 Å². The summed E-state index contributed by atoms with van der Waals surface area (Å²) in [4.78, 5) is 0. The molecular formula is C11H24N3O2S+. The molecule has 0 aromatic carbocycles. The molecule has 4 N–H and O–H groups in total. The molecule has 1 saturated carbocycles. The molecule has 2 aliphatic rings. The summed E-state index contributed by atoms with van der Waals surface area (Å²) in [5.41, 5.74) is 0.0213. The van der Waals surface area contributed by atoms with E-state index in [9.17, 15) is 10.2 Å². The maximum atomic E-state index is 9.62. The van der Waals surface area contributed by atoms with Crippen LogP contribution in [0, 0.1) is 0 Å². The van der Waals surface area contributed by atoms with Gasteiger partial charge in [0.05, 0.1) is 20.1 Å². The van der Waals surface area contributed by atoms with Crippen molar-refractivity contribution in [1.29, 1.82) is 0 Å². The molecule has 5 nitrogen and oxygen atoms in total. The predicted molar refractivity (Wildman–Crippen MR) is 69.5 cm³/mol. The number of nitrogens with zero attached hydrogens (tertiary/aromatic N) is 1. The second kappa shape index (κ2) is 5.03. The first-order valence-corrected chi connectivity index (χ1v) is 6.80. The normalized spacial score (nSPS) is 32.1. The monoisotopic (exact) mass is 262 g/mol. The first kappa shape index (κ1) is 13.6. The van der Waals surface area contributed by atoms with Gasteiger partial charge in [0.2, 0.25) is 6.29 Å². The molecule has 0 spiro atoms. The van der Waals surface area contributed by atoms with Crippen molar-refractivity contribution in [3.05, 3.63) is 0 Å². The standard InChI is InChI=1S/C11H23N3O2S/c1-14(2,8-3-4-8)9(10(15)16)5-7-6-12-11(17)13-7/h7-13,15-16H,3-6H2,1-2H3/p+1. The van der Waals surface area contributed by atoms with Crippen molar-refractivity contribution in [2.45, 2.75) is 49.2 Å². The first-order valence-electron chi connectivity index (χ1n) is 6.28. The third kappa shape index (κ3) is 3.13. The summed E-state index contributed by atoms with van der Waals surface area (Å²) in [5.74, 6) is 0. The average Bonchev–Trinajstić information content (AvgIpc) is 3.00. The number of rotatable bonds is 5. The van der Waals surface area contributed by atoms with Crippen LogP contribution in [0.4, 0.5) is 0 Å². The number of aliphatic hydroxyl groups excluding tert-OH is 1. The highest BCUT2D eigenvalue weighted by Gasteiger charge is 2.47. The van der Waals surface area contributed by atoms with E-state index in [0.717, 1.165) is 13.0 Å². The molecule has 3 unspecified atom stereocenters. The highest BCUT2D eigenvalue weighted by Crippen LogP contribution is 2.35. The Hall–Kier alpha value is 0.150. The fourth-order valence-corrected chi connectivity index (χ4v) is 3.10. The van der Waals surface area contributed by atoms with Crippen LogP contribution in [0.15, 0.2) is 0 Å². The van der Waals surface area contributed by atoms with Gasteiger partial charge in [0.1, 0.15) is 11.5 Å². The predicted octanol–water partition coefficient (Wildman–Crippen LogP) is -0.931. The number of nitrogens with one attached hydrogen (secondary N) is 2. The van der Waals surface area contributed by atoms with Crippen molar-refractivity contribution in [3.8, 4) is 0 Å². The van der Waals surface area contributed by atoms with E-state index in [0.29, 0.717) is 10.5 Å². The quantitative estimate of drug-likeness (QED) is 0.252. The van der Waals surface area contributed by atoms with Crippen LogP contribution in [0.3, 0.4) is 0 Å². The molecule has 2 rings (SSSR count). The molecule has 0 amide bonds. The van der Waals surface area contributed by atoms with Gasteiger partial charge in [-0.3, -0.25) is 10.6 Å². The first-order chi connectivity index (χ1) is 7.91. The van der Waals surface area contributed by atoms with Crippen molar-refractivity contribution >= 4 is 12.6 Å². The SMILES string of the molecule is C[N+](C)(C1CC1)C(CC1CNC(S)N1)C(O)O. The number of hydrogen-bond donors (Lipinski definition) is 5. The second-order valence-electron chi connectivity index (χ2n) is 5.75. The van der Waals surface area contributed by atoms with Crippen molar-refractivity contribution < 1.29 is 14.7 Å². The second-order valence-corrected chi connectivity index (χ2v) is 6.27. The Kier molecular flexibility index (Phi) is 4.02. The molecule has 2 fully saturated rings. The van der Waals surface area contributed by atoms with Gasteiger partial charge in [0.15, 0.2) is 0 Å². The highest BCUT2D eigenvalue weighted by molar-refractivity contribution is 7.80. The number of quaternary nitrogens is 1. The number of hydrogen-bond acceptors (Lipinski definition) is 5. The summed E-state index contributed by atoms with van der Waals surface area (Å²) in [5, 5.41) is 25.7. The molecule has 1 saturated heterocycles. The van der Waals surface area contributed by atoms with Crippen LogP contribution >= 0.6 is 12.6 Å². The van der Waals surface area contributed by atoms with Gasteiger partial charge in [-0.25, -0.2) is 0 Å². The lowest BCUT2D eigenvalue weighted by atomic mass is 10.0. The average molecular weight is 262 g/mol. The number of likely N-dealkylation sites (N-methyl/N-ethyl adjacent to an activating group) is 1. The molecular weight excluding hydrogens is 238 g/mol. The van der Waals surface area contributed by atoms with E-state index in [1.54, 1.807) is 0 Å². The van der Waals surface area contributed by atoms with Gasteiger partial charge in [0, 0.05) is 31.8 Å².